The number of hydrogen-bond donors (Lipinski definition) is 1. The fourth-order valence-corrected chi connectivity index (χ4v) is 2.72. The molecule has 0 radical (unpaired) electrons. The van der Waals surface area contributed by atoms with Gasteiger partial charge in [-0.05, 0) is 32.8 Å². The molecular weight excluding hydrogens is 245 g/mol. The van der Waals surface area contributed by atoms with Crippen LogP contribution in [0.1, 0.15) is 38.4 Å². The van der Waals surface area contributed by atoms with E-state index in [4.69, 9.17) is 4.74 Å². The van der Waals surface area contributed by atoms with Gasteiger partial charge in [0.15, 0.2) is 0 Å². The molecule has 1 aromatic rings. The molecule has 1 N–H and O–H groups in total. The van der Waals surface area contributed by atoms with E-state index in [1.165, 1.54) is 6.07 Å². The quantitative estimate of drug-likeness (QED) is 0.910. The van der Waals surface area contributed by atoms with E-state index in [2.05, 4.69) is 0 Å². The Kier molecular flexibility index (Phi) is 4.77. The summed E-state index contributed by atoms with van der Waals surface area (Å²) in [4.78, 5) is 2.00. The zero-order valence-electron chi connectivity index (χ0n) is 11.6. The second-order valence-corrected chi connectivity index (χ2v) is 5.02. The van der Waals surface area contributed by atoms with Crippen LogP contribution in [0.4, 0.5) is 10.1 Å². The van der Waals surface area contributed by atoms with Gasteiger partial charge in [-0.2, -0.15) is 0 Å². The molecule has 0 amide bonds. The van der Waals surface area contributed by atoms with Crippen molar-refractivity contribution in [2.24, 2.45) is 0 Å². The fourth-order valence-electron chi connectivity index (χ4n) is 2.72. The fraction of sp³-hybridized carbons (Fsp3) is 0.600. The van der Waals surface area contributed by atoms with Crippen molar-refractivity contribution in [1.29, 1.82) is 0 Å². The third-order valence-electron chi connectivity index (χ3n) is 3.56. The third kappa shape index (κ3) is 3.25. The van der Waals surface area contributed by atoms with Crippen LogP contribution in [0.3, 0.4) is 0 Å². The van der Waals surface area contributed by atoms with Gasteiger partial charge in [-0.1, -0.05) is 12.1 Å². The highest BCUT2D eigenvalue weighted by Crippen LogP contribution is 2.31. The normalized spacial score (nSPS) is 21.5. The molecule has 0 aliphatic carbocycles. The number of rotatable bonds is 4. The summed E-state index contributed by atoms with van der Waals surface area (Å²) >= 11 is 0. The number of ether oxygens (including phenoxy) is 1. The van der Waals surface area contributed by atoms with Crippen LogP contribution in [-0.2, 0) is 4.74 Å². The Bertz CT molecular complexity index is 421. The molecule has 1 fully saturated rings. The van der Waals surface area contributed by atoms with Crippen LogP contribution in [0.2, 0.25) is 0 Å². The van der Waals surface area contributed by atoms with Gasteiger partial charge in [0.2, 0.25) is 0 Å². The summed E-state index contributed by atoms with van der Waals surface area (Å²) in [6, 6.07) is 4.88. The standard InChI is InChI=1S/C15H22FNO2/c1-3-19-12-6-5-9-17(10-12)15-13(11(2)18)7-4-8-14(15)16/h4,7-8,11-12,18H,3,5-6,9-10H2,1-2H3/t11-,12?/m1/s1. The van der Waals surface area contributed by atoms with E-state index in [0.717, 1.165) is 19.4 Å². The minimum Gasteiger partial charge on any atom is -0.389 e. The largest absolute Gasteiger partial charge is 0.389 e. The van der Waals surface area contributed by atoms with Crippen molar-refractivity contribution in [2.75, 3.05) is 24.6 Å². The second kappa shape index (κ2) is 6.35. The summed E-state index contributed by atoms with van der Waals surface area (Å²) in [6.07, 6.45) is 1.49. The van der Waals surface area contributed by atoms with Gasteiger partial charge >= 0.3 is 0 Å². The molecule has 2 atom stereocenters. The highest BCUT2D eigenvalue weighted by atomic mass is 19.1. The van der Waals surface area contributed by atoms with E-state index in [-0.39, 0.29) is 11.9 Å². The van der Waals surface area contributed by atoms with E-state index < -0.39 is 6.10 Å². The number of para-hydroxylation sites is 1. The van der Waals surface area contributed by atoms with E-state index in [0.29, 0.717) is 24.4 Å². The first-order valence-electron chi connectivity index (χ1n) is 6.96. The van der Waals surface area contributed by atoms with Crippen molar-refractivity contribution < 1.29 is 14.2 Å². The van der Waals surface area contributed by atoms with Gasteiger partial charge in [-0.15, -0.1) is 0 Å². The molecule has 0 bridgehead atoms. The minimum absolute atomic E-state index is 0.153. The van der Waals surface area contributed by atoms with Crippen molar-refractivity contribution in [3.8, 4) is 0 Å². The van der Waals surface area contributed by atoms with E-state index >= 15 is 0 Å². The molecule has 0 aromatic heterocycles. The summed E-state index contributed by atoms with van der Waals surface area (Å²) in [5.74, 6) is -0.268. The molecule has 0 spiro atoms. The van der Waals surface area contributed by atoms with Gasteiger partial charge < -0.3 is 14.7 Å². The van der Waals surface area contributed by atoms with Gasteiger partial charge in [0.05, 0.1) is 17.9 Å². The maximum atomic E-state index is 14.1. The number of hydrogen-bond acceptors (Lipinski definition) is 3. The SMILES string of the molecule is CCOC1CCCN(c2c(F)cccc2[C@@H](C)O)C1. The summed E-state index contributed by atoms with van der Waals surface area (Å²) in [5.41, 5.74) is 1.18. The summed E-state index contributed by atoms with van der Waals surface area (Å²) in [7, 11) is 0. The molecule has 2 rings (SSSR count). The zero-order valence-corrected chi connectivity index (χ0v) is 11.6. The van der Waals surface area contributed by atoms with Crippen LogP contribution in [0.15, 0.2) is 18.2 Å². The lowest BCUT2D eigenvalue weighted by Gasteiger charge is -2.35. The van der Waals surface area contributed by atoms with Crippen LogP contribution < -0.4 is 4.90 Å². The van der Waals surface area contributed by atoms with E-state index in [1.807, 2.05) is 11.8 Å². The number of halogens is 1. The Balaban J connectivity index is 2.25. The Hall–Kier alpha value is -1.13. The van der Waals surface area contributed by atoms with Crippen molar-refractivity contribution in [3.63, 3.8) is 0 Å². The van der Waals surface area contributed by atoms with Gasteiger partial charge in [0.25, 0.3) is 0 Å². The summed E-state index contributed by atoms with van der Waals surface area (Å²) in [6.45, 7) is 5.82. The van der Waals surface area contributed by atoms with Crippen molar-refractivity contribution >= 4 is 5.69 Å². The first-order chi connectivity index (χ1) is 9.13. The first-order valence-corrected chi connectivity index (χ1v) is 6.96. The second-order valence-electron chi connectivity index (χ2n) is 5.02. The molecule has 3 nitrogen and oxygen atoms in total. The molecule has 1 aromatic carbocycles. The lowest BCUT2D eigenvalue weighted by molar-refractivity contribution is 0.0524. The van der Waals surface area contributed by atoms with Crippen LogP contribution >= 0.6 is 0 Å². The molecule has 1 saturated heterocycles. The lowest BCUT2D eigenvalue weighted by Crippen LogP contribution is -2.40. The van der Waals surface area contributed by atoms with Crippen molar-refractivity contribution in [2.45, 2.75) is 38.9 Å². The van der Waals surface area contributed by atoms with Gasteiger partial charge in [0, 0.05) is 25.3 Å². The Morgan fingerprint density at radius 1 is 1.53 bits per heavy atom. The topological polar surface area (TPSA) is 32.7 Å². The van der Waals surface area contributed by atoms with Crippen LogP contribution in [0, 0.1) is 5.82 Å². The summed E-state index contributed by atoms with van der Waals surface area (Å²) in [5, 5.41) is 9.80. The Morgan fingerprint density at radius 3 is 3.00 bits per heavy atom. The number of nitrogens with zero attached hydrogens (tertiary/aromatic N) is 1. The maximum Gasteiger partial charge on any atom is 0.146 e. The predicted octanol–water partition coefficient (Wildman–Crippen LogP) is 2.88. The van der Waals surface area contributed by atoms with Gasteiger partial charge in [0.1, 0.15) is 5.82 Å². The molecular formula is C15H22FNO2. The van der Waals surface area contributed by atoms with Crippen molar-refractivity contribution in [1.82, 2.24) is 0 Å². The monoisotopic (exact) mass is 267 g/mol. The molecule has 106 valence electrons. The number of aliphatic hydroxyl groups excluding tert-OH is 1. The van der Waals surface area contributed by atoms with Crippen LogP contribution in [0.5, 0.6) is 0 Å². The Morgan fingerprint density at radius 2 is 2.32 bits per heavy atom. The number of piperidine rings is 1. The molecule has 1 unspecified atom stereocenters. The molecule has 1 aliphatic heterocycles. The van der Waals surface area contributed by atoms with Crippen LogP contribution in [-0.4, -0.2) is 30.9 Å². The molecule has 0 saturated carbocycles. The smallest absolute Gasteiger partial charge is 0.146 e. The van der Waals surface area contributed by atoms with E-state index in [9.17, 15) is 9.50 Å². The Labute approximate surface area is 114 Å². The number of anilines is 1. The average Bonchev–Trinajstić information content (AvgIpc) is 2.39. The highest BCUT2D eigenvalue weighted by Gasteiger charge is 2.25. The van der Waals surface area contributed by atoms with E-state index in [1.54, 1.807) is 19.1 Å². The predicted molar refractivity (Wildman–Crippen MR) is 73.9 cm³/mol. The zero-order chi connectivity index (χ0) is 13.8. The maximum absolute atomic E-state index is 14.1. The molecule has 19 heavy (non-hydrogen) atoms. The molecule has 1 heterocycles. The first kappa shape index (κ1) is 14.3. The van der Waals surface area contributed by atoms with Crippen molar-refractivity contribution in [3.05, 3.63) is 29.6 Å². The average molecular weight is 267 g/mol. The molecule has 4 heteroatoms. The summed E-state index contributed by atoms with van der Waals surface area (Å²) < 4.78 is 19.8. The van der Waals surface area contributed by atoms with Crippen LogP contribution in [0.25, 0.3) is 0 Å². The van der Waals surface area contributed by atoms with Gasteiger partial charge in [-0.3, -0.25) is 0 Å². The van der Waals surface area contributed by atoms with Gasteiger partial charge in [-0.25, -0.2) is 4.39 Å². The molecule has 1 aliphatic rings. The third-order valence-corrected chi connectivity index (χ3v) is 3.56. The minimum atomic E-state index is -0.668. The highest BCUT2D eigenvalue weighted by molar-refractivity contribution is 5.56. The number of aliphatic hydroxyl groups is 1. The number of benzene rings is 1. The lowest BCUT2D eigenvalue weighted by atomic mass is 10.0.